The summed E-state index contributed by atoms with van der Waals surface area (Å²) in [6, 6.07) is 11.9. The molecule has 1 aromatic carbocycles. The number of hydrogen-bond acceptors (Lipinski definition) is 3. The molecule has 4 heteroatoms. The van der Waals surface area contributed by atoms with E-state index in [4.69, 9.17) is 0 Å². The van der Waals surface area contributed by atoms with Gasteiger partial charge in [0.2, 0.25) is 0 Å². The molecule has 92 valence electrons. The molecular formula is C15H11N3O. The van der Waals surface area contributed by atoms with Crippen LogP contribution < -0.4 is 5.56 Å². The lowest BCUT2D eigenvalue weighted by Crippen LogP contribution is -2.21. The fourth-order valence-corrected chi connectivity index (χ4v) is 2.72. The summed E-state index contributed by atoms with van der Waals surface area (Å²) in [7, 11) is 0. The van der Waals surface area contributed by atoms with E-state index in [1.807, 2.05) is 30.3 Å². The lowest BCUT2D eigenvalue weighted by molar-refractivity contribution is 0.687. The molecule has 1 aliphatic heterocycles. The summed E-state index contributed by atoms with van der Waals surface area (Å²) < 4.78 is 2.09. The first-order chi connectivity index (χ1) is 9.34. The second kappa shape index (κ2) is 3.75. The molecule has 0 saturated heterocycles. The van der Waals surface area contributed by atoms with Crippen molar-refractivity contribution in [1.29, 1.82) is 0 Å². The molecule has 0 bridgehead atoms. The Balaban J connectivity index is 2.16. The van der Waals surface area contributed by atoms with Gasteiger partial charge < -0.3 is 4.57 Å². The number of hydrogen-bond donors (Lipinski definition) is 0. The molecule has 0 atom stereocenters. The highest BCUT2D eigenvalue weighted by Gasteiger charge is 2.19. The first-order valence-electron chi connectivity index (χ1n) is 6.28. The molecule has 0 N–H and O–H groups in total. The number of pyridine rings is 1. The predicted octanol–water partition coefficient (Wildman–Crippen LogP) is 2.01. The van der Waals surface area contributed by atoms with E-state index in [-0.39, 0.29) is 5.56 Å². The second-order valence-corrected chi connectivity index (χ2v) is 4.67. The Morgan fingerprint density at radius 1 is 1.11 bits per heavy atom. The lowest BCUT2D eigenvalue weighted by atomic mass is 10.00. The van der Waals surface area contributed by atoms with Crippen molar-refractivity contribution in [3.8, 4) is 11.4 Å². The molecule has 4 nitrogen and oxygen atoms in total. The van der Waals surface area contributed by atoms with E-state index in [9.17, 15) is 4.79 Å². The molecular weight excluding hydrogens is 238 g/mol. The smallest absolute Gasteiger partial charge is 0.299 e. The zero-order valence-corrected chi connectivity index (χ0v) is 10.2. The Morgan fingerprint density at radius 3 is 2.95 bits per heavy atom. The predicted molar refractivity (Wildman–Crippen MR) is 72.9 cm³/mol. The van der Waals surface area contributed by atoms with Crippen LogP contribution in [0.2, 0.25) is 0 Å². The molecule has 19 heavy (non-hydrogen) atoms. The third-order valence-corrected chi connectivity index (χ3v) is 3.61. The average Bonchev–Trinajstić information content (AvgIpc) is 2.47. The molecule has 0 amide bonds. The lowest BCUT2D eigenvalue weighted by Gasteiger charge is -2.22. The van der Waals surface area contributed by atoms with E-state index in [1.54, 1.807) is 6.20 Å². The van der Waals surface area contributed by atoms with Crippen LogP contribution >= 0.6 is 0 Å². The largest absolute Gasteiger partial charge is 0.323 e. The normalized spacial score (nSPS) is 13.1. The van der Waals surface area contributed by atoms with E-state index >= 15 is 0 Å². The zero-order chi connectivity index (χ0) is 12.8. The number of aromatic nitrogens is 3. The Kier molecular flexibility index (Phi) is 2.06. The minimum absolute atomic E-state index is 0.251. The first kappa shape index (κ1) is 10.4. The van der Waals surface area contributed by atoms with Crippen LogP contribution in [0.3, 0.4) is 0 Å². The molecule has 2 aromatic heterocycles. The third-order valence-electron chi connectivity index (χ3n) is 3.61. The van der Waals surface area contributed by atoms with E-state index in [2.05, 4.69) is 20.6 Å². The van der Waals surface area contributed by atoms with Crippen molar-refractivity contribution in [2.75, 3.05) is 0 Å². The van der Waals surface area contributed by atoms with Crippen LogP contribution in [0.15, 0.2) is 47.4 Å². The maximum atomic E-state index is 12.1. The van der Waals surface area contributed by atoms with E-state index in [1.165, 1.54) is 5.56 Å². The average molecular weight is 249 g/mol. The van der Waals surface area contributed by atoms with Gasteiger partial charge in [-0.25, -0.2) is 4.98 Å². The molecule has 4 rings (SSSR count). The van der Waals surface area contributed by atoms with Gasteiger partial charge in [0.1, 0.15) is 5.82 Å². The maximum Gasteiger partial charge on any atom is 0.299 e. The molecule has 3 aromatic rings. The van der Waals surface area contributed by atoms with Gasteiger partial charge in [-0.2, -0.15) is 4.98 Å². The van der Waals surface area contributed by atoms with Crippen molar-refractivity contribution in [2.45, 2.75) is 13.0 Å². The minimum atomic E-state index is -0.251. The highest BCUT2D eigenvalue weighted by Crippen LogP contribution is 2.28. The number of fused-ring (bicyclic) bond motifs is 5. The van der Waals surface area contributed by atoms with Crippen molar-refractivity contribution in [3.05, 3.63) is 58.5 Å². The van der Waals surface area contributed by atoms with Crippen LogP contribution in [0.5, 0.6) is 0 Å². The standard InChI is InChI=1S/C15H11N3O/c19-15-13-12(6-3-8-16-13)18-9-7-10-4-1-2-5-11(10)14(18)17-15/h1-6,8H,7,9H2. The second-order valence-electron chi connectivity index (χ2n) is 4.67. The van der Waals surface area contributed by atoms with Crippen molar-refractivity contribution in [3.63, 3.8) is 0 Å². The van der Waals surface area contributed by atoms with Crippen molar-refractivity contribution < 1.29 is 0 Å². The summed E-state index contributed by atoms with van der Waals surface area (Å²) in [6.45, 7) is 0.835. The summed E-state index contributed by atoms with van der Waals surface area (Å²) >= 11 is 0. The monoisotopic (exact) mass is 249 g/mol. The van der Waals surface area contributed by atoms with Gasteiger partial charge in [0.05, 0.1) is 5.52 Å². The van der Waals surface area contributed by atoms with Crippen LogP contribution in [0.4, 0.5) is 0 Å². The van der Waals surface area contributed by atoms with Gasteiger partial charge in [-0.15, -0.1) is 0 Å². The van der Waals surface area contributed by atoms with E-state index in [0.717, 1.165) is 29.9 Å². The molecule has 0 unspecified atom stereocenters. The molecule has 0 radical (unpaired) electrons. The SMILES string of the molecule is O=c1nc2n(c3cccnc13)CCc1ccccc1-2. The number of aryl methyl sites for hydroxylation is 2. The fourth-order valence-electron chi connectivity index (χ4n) is 2.72. The highest BCUT2D eigenvalue weighted by atomic mass is 16.1. The highest BCUT2D eigenvalue weighted by molar-refractivity contribution is 5.77. The molecule has 0 spiro atoms. The number of nitrogens with zero attached hydrogens (tertiary/aromatic N) is 3. The topological polar surface area (TPSA) is 47.8 Å². The van der Waals surface area contributed by atoms with Gasteiger partial charge in [0.15, 0.2) is 5.52 Å². The maximum absolute atomic E-state index is 12.1. The third kappa shape index (κ3) is 1.43. The summed E-state index contributed by atoms with van der Waals surface area (Å²) in [5, 5.41) is 0. The Hall–Kier alpha value is -2.49. The molecule has 0 aliphatic carbocycles. The molecule has 3 heterocycles. The van der Waals surface area contributed by atoms with Gasteiger partial charge >= 0.3 is 0 Å². The Bertz CT molecular complexity index is 851. The van der Waals surface area contributed by atoms with E-state index < -0.39 is 0 Å². The van der Waals surface area contributed by atoms with Crippen LogP contribution in [0, 0.1) is 0 Å². The van der Waals surface area contributed by atoms with E-state index in [0.29, 0.717) is 5.52 Å². The van der Waals surface area contributed by atoms with Gasteiger partial charge in [-0.3, -0.25) is 4.79 Å². The number of benzene rings is 1. The number of rotatable bonds is 0. The fraction of sp³-hybridized carbons (Fsp3) is 0.133. The molecule has 0 fully saturated rings. The zero-order valence-electron chi connectivity index (χ0n) is 10.2. The summed E-state index contributed by atoms with van der Waals surface area (Å²) in [4.78, 5) is 20.5. The van der Waals surface area contributed by atoms with Gasteiger partial charge in [0.25, 0.3) is 5.56 Å². The first-order valence-corrected chi connectivity index (χ1v) is 6.28. The van der Waals surface area contributed by atoms with Crippen molar-refractivity contribution >= 4 is 11.0 Å². The minimum Gasteiger partial charge on any atom is -0.323 e. The van der Waals surface area contributed by atoms with Gasteiger partial charge in [-0.05, 0) is 24.1 Å². The summed E-state index contributed by atoms with van der Waals surface area (Å²) in [6.07, 6.45) is 2.59. The van der Waals surface area contributed by atoms with Gasteiger partial charge in [0, 0.05) is 18.3 Å². The molecule has 0 saturated carbocycles. The van der Waals surface area contributed by atoms with Crippen LogP contribution in [0.1, 0.15) is 5.56 Å². The van der Waals surface area contributed by atoms with Crippen LogP contribution in [-0.4, -0.2) is 14.5 Å². The van der Waals surface area contributed by atoms with Gasteiger partial charge in [-0.1, -0.05) is 24.3 Å². The molecule has 1 aliphatic rings. The van der Waals surface area contributed by atoms with Crippen LogP contribution in [0.25, 0.3) is 22.4 Å². The van der Waals surface area contributed by atoms with Crippen LogP contribution in [-0.2, 0) is 13.0 Å². The summed E-state index contributed by atoms with van der Waals surface area (Å²) in [5.41, 5.74) is 3.37. The van der Waals surface area contributed by atoms with Crippen molar-refractivity contribution in [1.82, 2.24) is 14.5 Å². The Labute approximate surface area is 109 Å². The quantitative estimate of drug-likeness (QED) is 0.612. The van der Waals surface area contributed by atoms with Crippen molar-refractivity contribution in [2.24, 2.45) is 0 Å². The summed E-state index contributed by atoms with van der Waals surface area (Å²) in [5.74, 6) is 0.757. The Morgan fingerprint density at radius 2 is 2.00 bits per heavy atom.